The summed E-state index contributed by atoms with van der Waals surface area (Å²) in [6.07, 6.45) is 0.366. The molecule has 22 heavy (non-hydrogen) atoms. The Morgan fingerprint density at radius 1 is 1.41 bits per heavy atom. The summed E-state index contributed by atoms with van der Waals surface area (Å²) in [5.41, 5.74) is 1.73. The Balaban J connectivity index is 1.88. The summed E-state index contributed by atoms with van der Waals surface area (Å²) >= 11 is 1.21. The molecule has 0 bridgehead atoms. The van der Waals surface area contributed by atoms with Gasteiger partial charge in [0.15, 0.2) is 5.69 Å². The van der Waals surface area contributed by atoms with Crippen molar-refractivity contribution in [2.45, 2.75) is 19.1 Å². The van der Waals surface area contributed by atoms with Crippen LogP contribution in [0, 0.1) is 6.92 Å². The molecule has 0 aliphatic carbocycles. The molecule has 8 heteroatoms. The van der Waals surface area contributed by atoms with E-state index in [1.807, 2.05) is 25.1 Å². The predicted octanol–water partition coefficient (Wildman–Crippen LogP) is 1.81. The molecular weight excluding hydrogens is 324 g/mol. The van der Waals surface area contributed by atoms with Crippen LogP contribution in [0.15, 0.2) is 29.6 Å². The van der Waals surface area contributed by atoms with Gasteiger partial charge in [0.2, 0.25) is 10.0 Å². The van der Waals surface area contributed by atoms with Crippen molar-refractivity contribution in [3.63, 3.8) is 0 Å². The molecule has 6 nitrogen and oxygen atoms in total. The van der Waals surface area contributed by atoms with E-state index in [-0.39, 0.29) is 18.0 Å². The van der Waals surface area contributed by atoms with E-state index in [1.165, 1.54) is 16.7 Å². The third-order valence-electron chi connectivity index (χ3n) is 2.87. The standard InChI is InChI=1S/C14H16N2O4S2/c1-10-3-2-4-11(7-10)9-22(19,20)15-6-5-13-16-12(8-21-13)14(17)18/h2-4,7-8,15H,5-6,9H2,1H3,(H,17,18). The topological polar surface area (TPSA) is 96.4 Å². The Labute approximate surface area is 132 Å². The van der Waals surface area contributed by atoms with Gasteiger partial charge in [-0.25, -0.2) is 22.9 Å². The minimum absolute atomic E-state index is 0.0115. The lowest BCUT2D eigenvalue weighted by Gasteiger charge is -2.06. The number of carbonyl (C=O) groups is 1. The average molecular weight is 340 g/mol. The van der Waals surface area contributed by atoms with Gasteiger partial charge < -0.3 is 5.11 Å². The lowest BCUT2D eigenvalue weighted by molar-refractivity contribution is 0.0691. The SMILES string of the molecule is Cc1cccc(CS(=O)(=O)NCCc2nc(C(=O)O)cs2)c1. The maximum Gasteiger partial charge on any atom is 0.355 e. The summed E-state index contributed by atoms with van der Waals surface area (Å²) in [6, 6.07) is 7.33. The van der Waals surface area contributed by atoms with Gasteiger partial charge in [-0.3, -0.25) is 0 Å². The van der Waals surface area contributed by atoms with Gasteiger partial charge in [0, 0.05) is 18.3 Å². The highest BCUT2D eigenvalue weighted by molar-refractivity contribution is 7.88. The first-order valence-corrected chi connectivity index (χ1v) is 9.09. The molecule has 0 amide bonds. The van der Waals surface area contributed by atoms with Crippen molar-refractivity contribution in [2.24, 2.45) is 0 Å². The molecule has 2 N–H and O–H groups in total. The van der Waals surface area contributed by atoms with Crippen LogP contribution in [0.25, 0.3) is 0 Å². The quantitative estimate of drug-likeness (QED) is 0.801. The van der Waals surface area contributed by atoms with Crippen molar-refractivity contribution >= 4 is 27.3 Å². The van der Waals surface area contributed by atoms with Crippen molar-refractivity contribution < 1.29 is 18.3 Å². The normalized spacial score (nSPS) is 11.5. The van der Waals surface area contributed by atoms with Crippen LogP contribution in [0.3, 0.4) is 0 Å². The fourth-order valence-corrected chi connectivity index (χ4v) is 3.82. The van der Waals surface area contributed by atoms with Gasteiger partial charge in [-0.1, -0.05) is 29.8 Å². The number of carboxylic acids is 1. The van der Waals surface area contributed by atoms with Crippen molar-refractivity contribution in [1.29, 1.82) is 0 Å². The number of nitrogens with one attached hydrogen (secondary N) is 1. The molecule has 2 aromatic rings. The number of carboxylic acid groups (broad SMARTS) is 1. The second-order valence-electron chi connectivity index (χ2n) is 4.82. The molecule has 1 aromatic carbocycles. The molecule has 1 heterocycles. The molecule has 0 atom stereocenters. The van der Waals surface area contributed by atoms with Gasteiger partial charge in [0.25, 0.3) is 0 Å². The lowest BCUT2D eigenvalue weighted by Crippen LogP contribution is -2.27. The molecule has 0 aliphatic rings. The summed E-state index contributed by atoms with van der Waals surface area (Å²) < 4.78 is 26.5. The number of rotatable bonds is 7. The minimum Gasteiger partial charge on any atom is -0.476 e. The third kappa shape index (κ3) is 4.90. The van der Waals surface area contributed by atoms with E-state index in [2.05, 4.69) is 9.71 Å². The van der Waals surface area contributed by atoms with E-state index in [9.17, 15) is 13.2 Å². The minimum atomic E-state index is -3.42. The van der Waals surface area contributed by atoms with Gasteiger partial charge in [0.05, 0.1) is 10.8 Å². The summed E-state index contributed by atoms with van der Waals surface area (Å²) in [7, 11) is -3.42. The van der Waals surface area contributed by atoms with E-state index in [4.69, 9.17) is 5.11 Å². The van der Waals surface area contributed by atoms with Crippen LogP contribution in [-0.2, 0) is 22.2 Å². The van der Waals surface area contributed by atoms with Crippen LogP contribution in [0.2, 0.25) is 0 Å². The zero-order valence-electron chi connectivity index (χ0n) is 11.9. The second kappa shape index (κ2) is 6.99. The summed E-state index contributed by atoms with van der Waals surface area (Å²) in [5, 5.41) is 10.8. The third-order valence-corrected chi connectivity index (χ3v) is 5.14. The molecule has 0 spiro atoms. The van der Waals surface area contributed by atoms with Crippen molar-refractivity contribution in [1.82, 2.24) is 9.71 Å². The zero-order valence-corrected chi connectivity index (χ0v) is 13.6. The monoisotopic (exact) mass is 340 g/mol. The largest absolute Gasteiger partial charge is 0.476 e. The molecule has 0 fully saturated rings. The molecule has 2 rings (SSSR count). The first-order valence-electron chi connectivity index (χ1n) is 6.56. The maximum absolute atomic E-state index is 12.0. The Morgan fingerprint density at radius 2 is 2.18 bits per heavy atom. The Morgan fingerprint density at radius 3 is 2.82 bits per heavy atom. The molecular formula is C14H16N2O4S2. The highest BCUT2D eigenvalue weighted by Crippen LogP contribution is 2.11. The van der Waals surface area contributed by atoms with Gasteiger partial charge in [0.1, 0.15) is 0 Å². The van der Waals surface area contributed by atoms with E-state index in [0.717, 1.165) is 11.1 Å². The smallest absolute Gasteiger partial charge is 0.355 e. The van der Waals surface area contributed by atoms with Crippen LogP contribution < -0.4 is 4.72 Å². The van der Waals surface area contributed by atoms with Crippen LogP contribution in [0.5, 0.6) is 0 Å². The Hall–Kier alpha value is -1.77. The molecule has 0 radical (unpaired) electrons. The van der Waals surface area contributed by atoms with E-state index >= 15 is 0 Å². The number of thiazole rings is 1. The molecule has 118 valence electrons. The van der Waals surface area contributed by atoms with Crippen LogP contribution >= 0.6 is 11.3 Å². The van der Waals surface area contributed by atoms with Crippen LogP contribution in [0.1, 0.15) is 26.6 Å². The fraction of sp³-hybridized carbons (Fsp3) is 0.286. The van der Waals surface area contributed by atoms with Gasteiger partial charge in [-0.2, -0.15) is 0 Å². The number of aromatic nitrogens is 1. The molecule has 0 unspecified atom stereocenters. The molecule has 1 aromatic heterocycles. The van der Waals surface area contributed by atoms with Gasteiger partial charge >= 0.3 is 5.97 Å². The van der Waals surface area contributed by atoms with Gasteiger partial charge in [-0.15, -0.1) is 11.3 Å². The van der Waals surface area contributed by atoms with Crippen LogP contribution in [0.4, 0.5) is 0 Å². The van der Waals surface area contributed by atoms with E-state index in [1.54, 1.807) is 6.07 Å². The summed E-state index contributed by atoms with van der Waals surface area (Å²) in [6.45, 7) is 2.10. The second-order valence-corrected chi connectivity index (χ2v) is 7.57. The summed E-state index contributed by atoms with van der Waals surface area (Å²) in [5.74, 6) is -1.16. The first-order chi connectivity index (χ1) is 10.4. The lowest BCUT2D eigenvalue weighted by atomic mass is 10.2. The fourth-order valence-electron chi connectivity index (χ4n) is 1.91. The zero-order chi connectivity index (χ0) is 16.2. The predicted molar refractivity (Wildman–Crippen MR) is 84.6 cm³/mol. The molecule has 0 saturated carbocycles. The van der Waals surface area contributed by atoms with Crippen LogP contribution in [-0.4, -0.2) is 31.0 Å². The van der Waals surface area contributed by atoms with Crippen molar-refractivity contribution in [3.05, 3.63) is 51.5 Å². The number of benzene rings is 1. The number of aromatic carboxylic acids is 1. The van der Waals surface area contributed by atoms with Crippen molar-refractivity contribution in [3.8, 4) is 0 Å². The van der Waals surface area contributed by atoms with Gasteiger partial charge in [-0.05, 0) is 12.5 Å². The maximum atomic E-state index is 12.0. The van der Waals surface area contributed by atoms with E-state index in [0.29, 0.717) is 11.4 Å². The number of sulfonamides is 1. The number of nitrogens with zero attached hydrogens (tertiary/aromatic N) is 1. The molecule has 0 aliphatic heterocycles. The number of aryl methyl sites for hydroxylation is 1. The Kier molecular flexibility index (Phi) is 5.28. The highest BCUT2D eigenvalue weighted by Gasteiger charge is 2.13. The average Bonchev–Trinajstić information content (AvgIpc) is 2.87. The first kappa shape index (κ1) is 16.6. The summed E-state index contributed by atoms with van der Waals surface area (Å²) in [4.78, 5) is 14.6. The van der Waals surface area contributed by atoms with Crippen molar-refractivity contribution in [2.75, 3.05) is 6.54 Å². The molecule has 0 saturated heterocycles. The number of hydrogen-bond donors (Lipinski definition) is 2. The highest BCUT2D eigenvalue weighted by atomic mass is 32.2. The Bertz CT molecular complexity index is 769. The number of hydrogen-bond acceptors (Lipinski definition) is 5. The van der Waals surface area contributed by atoms with E-state index < -0.39 is 16.0 Å².